The molecule has 1 aliphatic heterocycles. The fourth-order valence-corrected chi connectivity index (χ4v) is 2.91. The number of aryl methyl sites for hydroxylation is 1. The zero-order chi connectivity index (χ0) is 13.2. The van der Waals surface area contributed by atoms with Gasteiger partial charge in [-0.3, -0.25) is 4.79 Å². The minimum absolute atomic E-state index is 0.0145. The van der Waals surface area contributed by atoms with Crippen LogP contribution in [0.5, 0.6) is 0 Å². The van der Waals surface area contributed by atoms with Crippen LogP contribution in [0, 0.1) is 6.92 Å². The van der Waals surface area contributed by atoms with E-state index in [1.54, 1.807) is 18.5 Å². The lowest BCUT2D eigenvalue weighted by atomic mass is 10.2. The summed E-state index contributed by atoms with van der Waals surface area (Å²) in [4.78, 5) is 23.9. The number of rotatable bonds is 2. The Balaban J connectivity index is 1.86. The van der Waals surface area contributed by atoms with E-state index in [1.165, 1.54) is 11.5 Å². The second-order valence-corrected chi connectivity index (χ2v) is 5.60. The highest BCUT2D eigenvalue weighted by Gasteiger charge is 2.33. The molecule has 1 atom stereocenters. The van der Waals surface area contributed by atoms with Crippen LogP contribution in [0.1, 0.15) is 40.1 Å². The molecule has 1 fully saturated rings. The van der Waals surface area contributed by atoms with Gasteiger partial charge in [0.25, 0.3) is 5.91 Å². The summed E-state index contributed by atoms with van der Waals surface area (Å²) in [5.74, 6) is 0.708. The van der Waals surface area contributed by atoms with Crippen LogP contribution in [0.15, 0.2) is 24.5 Å². The van der Waals surface area contributed by atoms with Gasteiger partial charge < -0.3 is 4.90 Å². The van der Waals surface area contributed by atoms with Crippen molar-refractivity contribution in [1.82, 2.24) is 19.2 Å². The number of aromatic nitrogens is 3. The first-order chi connectivity index (χ1) is 9.25. The Hall–Kier alpha value is -1.82. The van der Waals surface area contributed by atoms with Crippen molar-refractivity contribution in [3.8, 4) is 0 Å². The Morgan fingerprint density at radius 3 is 2.89 bits per heavy atom. The summed E-state index contributed by atoms with van der Waals surface area (Å²) in [6, 6.07) is 3.61. The molecule has 0 aromatic carbocycles. The number of nitrogens with zero attached hydrogens (tertiary/aromatic N) is 4. The number of hydrogen-bond acceptors (Lipinski definition) is 5. The zero-order valence-corrected chi connectivity index (χ0v) is 11.4. The largest absolute Gasteiger partial charge is 0.327 e. The SMILES string of the molecule is Cc1cc(C(=O)N2CCCC2c2ncccn2)ns1. The summed E-state index contributed by atoms with van der Waals surface area (Å²) in [6.45, 7) is 2.70. The van der Waals surface area contributed by atoms with E-state index in [0.29, 0.717) is 5.69 Å². The Kier molecular flexibility index (Phi) is 3.25. The molecular formula is C13H14N4OS. The van der Waals surface area contributed by atoms with Gasteiger partial charge in [0.05, 0.1) is 6.04 Å². The van der Waals surface area contributed by atoms with E-state index >= 15 is 0 Å². The third-order valence-corrected chi connectivity index (χ3v) is 3.94. The number of hydrogen-bond donors (Lipinski definition) is 0. The van der Waals surface area contributed by atoms with Crippen molar-refractivity contribution >= 4 is 17.4 Å². The molecule has 1 saturated heterocycles. The van der Waals surface area contributed by atoms with Crippen molar-refractivity contribution < 1.29 is 4.79 Å². The second kappa shape index (κ2) is 5.05. The molecule has 1 aliphatic rings. The van der Waals surface area contributed by atoms with Gasteiger partial charge >= 0.3 is 0 Å². The predicted molar refractivity (Wildman–Crippen MR) is 71.9 cm³/mol. The fourth-order valence-electron chi connectivity index (χ4n) is 2.38. The lowest BCUT2D eigenvalue weighted by Gasteiger charge is -2.22. The van der Waals surface area contributed by atoms with Crippen LogP contribution in [0.4, 0.5) is 0 Å². The molecule has 0 N–H and O–H groups in total. The Morgan fingerprint density at radius 1 is 1.42 bits per heavy atom. The minimum Gasteiger partial charge on any atom is -0.327 e. The summed E-state index contributed by atoms with van der Waals surface area (Å²) >= 11 is 1.36. The Bertz CT molecular complexity index is 583. The average Bonchev–Trinajstić information content (AvgIpc) is 3.07. The first kappa shape index (κ1) is 12.2. The third kappa shape index (κ3) is 2.35. The maximum Gasteiger partial charge on any atom is 0.274 e. The highest BCUT2D eigenvalue weighted by Crippen LogP contribution is 2.30. The summed E-state index contributed by atoms with van der Waals surface area (Å²) in [7, 11) is 0. The van der Waals surface area contributed by atoms with E-state index in [9.17, 15) is 4.79 Å². The van der Waals surface area contributed by atoms with Crippen LogP contribution in [0.3, 0.4) is 0 Å². The van der Waals surface area contributed by atoms with Gasteiger partial charge in [-0.1, -0.05) is 0 Å². The molecule has 1 unspecified atom stereocenters. The van der Waals surface area contributed by atoms with E-state index in [1.807, 2.05) is 17.9 Å². The molecule has 0 saturated carbocycles. The monoisotopic (exact) mass is 274 g/mol. The smallest absolute Gasteiger partial charge is 0.274 e. The lowest BCUT2D eigenvalue weighted by molar-refractivity contribution is 0.0725. The fraction of sp³-hybridized carbons (Fsp3) is 0.385. The molecule has 0 bridgehead atoms. The molecule has 0 spiro atoms. The first-order valence-electron chi connectivity index (χ1n) is 6.27. The van der Waals surface area contributed by atoms with Crippen molar-refractivity contribution in [1.29, 1.82) is 0 Å². The van der Waals surface area contributed by atoms with E-state index < -0.39 is 0 Å². The van der Waals surface area contributed by atoms with Crippen LogP contribution >= 0.6 is 11.5 Å². The highest BCUT2D eigenvalue weighted by molar-refractivity contribution is 7.05. The number of amides is 1. The molecule has 6 heteroatoms. The Morgan fingerprint density at radius 2 is 2.21 bits per heavy atom. The molecule has 19 heavy (non-hydrogen) atoms. The summed E-state index contributed by atoms with van der Waals surface area (Å²) < 4.78 is 4.20. The van der Waals surface area contributed by atoms with Crippen molar-refractivity contribution in [2.24, 2.45) is 0 Å². The molecule has 1 amide bonds. The second-order valence-electron chi connectivity index (χ2n) is 4.59. The zero-order valence-electron chi connectivity index (χ0n) is 10.6. The topological polar surface area (TPSA) is 59.0 Å². The van der Waals surface area contributed by atoms with Crippen molar-refractivity contribution in [2.75, 3.05) is 6.54 Å². The van der Waals surface area contributed by atoms with Gasteiger partial charge in [0.2, 0.25) is 0 Å². The van der Waals surface area contributed by atoms with Crippen LogP contribution in [-0.4, -0.2) is 31.7 Å². The van der Waals surface area contributed by atoms with Gasteiger partial charge in [0.15, 0.2) is 5.82 Å². The molecule has 0 radical (unpaired) electrons. The Labute approximate surface area is 115 Å². The van der Waals surface area contributed by atoms with E-state index in [0.717, 1.165) is 30.1 Å². The van der Waals surface area contributed by atoms with Crippen LogP contribution in [0.2, 0.25) is 0 Å². The van der Waals surface area contributed by atoms with Crippen molar-refractivity contribution in [2.45, 2.75) is 25.8 Å². The van der Waals surface area contributed by atoms with Crippen LogP contribution in [-0.2, 0) is 0 Å². The summed E-state index contributed by atoms with van der Waals surface area (Å²) in [6.07, 6.45) is 5.34. The number of likely N-dealkylation sites (tertiary alicyclic amines) is 1. The van der Waals surface area contributed by atoms with E-state index in [4.69, 9.17) is 0 Å². The van der Waals surface area contributed by atoms with Gasteiger partial charge in [-0.25, -0.2) is 9.97 Å². The normalized spacial score (nSPS) is 18.8. The van der Waals surface area contributed by atoms with Crippen molar-refractivity contribution in [3.63, 3.8) is 0 Å². The molecular weight excluding hydrogens is 260 g/mol. The summed E-state index contributed by atoms with van der Waals surface area (Å²) in [5.41, 5.74) is 0.533. The molecule has 3 rings (SSSR count). The standard InChI is InChI=1S/C13H14N4OS/c1-9-8-10(16-19-9)13(18)17-7-2-4-11(17)12-14-5-3-6-15-12/h3,5-6,8,11H,2,4,7H2,1H3. The quantitative estimate of drug-likeness (QED) is 0.842. The molecule has 98 valence electrons. The van der Waals surface area contributed by atoms with Gasteiger partial charge in [-0.05, 0) is 43.4 Å². The first-order valence-corrected chi connectivity index (χ1v) is 7.04. The summed E-state index contributed by atoms with van der Waals surface area (Å²) in [5, 5.41) is 0. The predicted octanol–water partition coefficient (Wildman–Crippen LogP) is 2.22. The molecule has 2 aromatic heterocycles. The van der Waals surface area contributed by atoms with Gasteiger partial charge in [-0.15, -0.1) is 0 Å². The molecule has 5 nitrogen and oxygen atoms in total. The lowest BCUT2D eigenvalue weighted by Crippen LogP contribution is -2.31. The molecule has 0 aliphatic carbocycles. The van der Waals surface area contributed by atoms with Crippen LogP contribution < -0.4 is 0 Å². The number of carbonyl (C=O) groups is 1. The molecule has 3 heterocycles. The molecule has 2 aromatic rings. The van der Waals surface area contributed by atoms with E-state index in [2.05, 4.69) is 14.3 Å². The average molecular weight is 274 g/mol. The third-order valence-electron chi connectivity index (χ3n) is 3.24. The van der Waals surface area contributed by atoms with Gasteiger partial charge in [0.1, 0.15) is 5.69 Å². The maximum absolute atomic E-state index is 12.5. The maximum atomic E-state index is 12.5. The van der Waals surface area contributed by atoms with Gasteiger partial charge in [0, 0.05) is 23.8 Å². The number of carbonyl (C=O) groups excluding carboxylic acids is 1. The van der Waals surface area contributed by atoms with Crippen molar-refractivity contribution in [3.05, 3.63) is 40.9 Å². The minimum atomic E-state index is -0.0179. The van der Waals surface area contributed by atoms with Gasteiger partial charge in [-0.2, -0.15) is 4.37 Å². The van der Waals surface area contributed by atoms with Crippen LogP contribution in [0.25, 0.3) is 0 Å². The highest BCUT2D eigenvalue weighted by atomic mass is 32.1. The van der Waals surface area contributed by atoms with E-state index in [-0.39, 0.29) is 11.9 Å².